The first kappa shape index (κ1) is 11.2. The Labute approximate surface area is 79.0 Å². The molecule has 1 rings (SSSR count). The van der Waals surface area contributed by atoms with E-state index in [0.29, 0.717) is 0 Å². The van der Waals surface area contributed by atoms with Crippen molar-refractivity contribution in [2.45, 2.75) is 30.6 Å². The second kappa shape index (κ2) is 4.56. The molecule has 1 aliphatic heterocycles. The number of aliphatic hydroxyl groups excluding tert-OH is 4. The third kappa shape index (κ3) is 1.95. The Hall–Kier alpha value is -0.890. The highest BCUT2D eigenvalue weighted by Crippen LogP contribution is 2.21. The highest BCUT2D eigenvalue weighted by molar-refractivity contribution is 4.92. The van der Waals surface area contributed by atoms with E-state index in [1.807, 2.05) is 0 Å². The highest BCUT2D eigenvalue weighted by atomic mass is 16.6. The second-order valence-corrected chi connectivity index (χ2v) is 2.92. The van der Waals surface area contributed by atoms with Gasteiger partial charge in [0.05, 0.1) is 12.7 Å². The molecule has 1 fully saturated rings. The zero-order valence-corrected chi connectivity index (χ0v) is 7.13. The van der Waals surface area contributed by atoms with Crippen LogP contribution in [-0.2, 0) is 4.74 Å². The quantitative estimate of drug-likeness (QED) is 0.237. The van der Waals surface area contributed by atoms with Gasteiger partial charge in [0.1, 0.15) is 18.2 Å². The minimum atomic E-state index is -1.53. The van der Waals surface area contributed by atoms with Gasteiger partial charge in [-0.25, -0.2) is 0 Å². The van der Waals surface area contributed by atoms with Crippen LogP contribution in [0.1, 0.15) is 0 Å². The summed E-state index contributed by atoms with van der Waals surface area (Å²) < 4.78 is 4.71. The van der Waals surface area contributed by atoms with Crippen LogP contribution >= 0.6 is 0 Å². The maximum atomic E-state index is 9.37. The van der Waals surface area contributed by atoms with E-state index in [1.54, 1.807) is 0 Å². The molecule has 4 N–H and O–H groups in total. The van der Waals surface area contributed by atoms with Gasteiger partial charge < -0.3 is 25.2 Å². The standard InChI is InChI=1S/C6H11N3O5/c7-9-8-3-5(12)4(11)2(1-10)14-6(3)13/h2-6,10-13H,1H2/t2?,3-,4-,5?,6?/m1/s1. The molecule has 0 amide bonds. The van der Waals surface area contributed by atoms with E-state index in [9.17, 15) is 15.3 Å². The van der Waals surface area contributed by atoms with Crippen molar-refractivity contribution < 1.29 is 25.2 Å². The van der Waals surface area contributed by atoms with E-state index in [-0.39, 0.29) is 0 Å². The fraction of sp³-hybridized carbons (Fsp3) is 1.00. The van der Waals surface area contributed by atoms with Gasteiger partial charge in [0.25, 0.3) is 0 Å². The normalized spacial score (nSPS) is 43.0. The number of rotatable bonds is 2. The molecule has 3 unspecified atom stereocenters. The van der Waals surface area contributed by atoms with Crippen LogP contribution in [0.25, 0.3) is 10.4 Å². The van der Waals surface area contributed by atoms with Crippen molar-refractivity contribution in [2.75, 3.05) is 6.61 Å². The van der Waals surface area contributed by atoms with Crippen LogP contribution in [0.5, 0.6) is 0 Å². The van der Waals surface area contributed by atoms with Gasteiger partial charge in [-0.05, 0) is 5.53 Å². The summed E-state index contributed by atoms with van der Waals surface area (Å²) >= 11 is 0. The predicted octanol–water partition coefficient (Wildman–Crippen LogP) is -1.90. The first-order valence-corrected chi connectivity index (χ1v) is 3.96. The van der Waals surface area contributed by atoms with E-state index < -0.39 is 37.3 Å². The molecule has 14 heavy (non-hydrogen) atoms. The van der Waals surface area contributed by atoms with Crippen molar-refractivity contribution >= 4 is 0 Å². The molecule has 0 spiro atoms. The summed E-state index contributed by atoms with van der Waals surface area (Å²) in [4.78, 5) is 2.40. The maximum Gasteiger partial charge on any atom is 0.166 e. The molecule has 0 bridgehead atoms. The molecule has 5 atom stereocenters. The largest absolute Gasteiger partial charge is 0.394 e. The first-order valence-electron chi connectivity index (χ1n) is 3.96. The molecule has 8 heteroatoms. The SMILES string of the molecule is [N-]=[N+]=N[C@H]1C(O)OC(CO)[C@@H](O)C1O. The third-order valence-corrected chi connectivity index (χ3v) is 2.05. The highest BCUT2D eigenvalue weighted by Gasteiger charge is 2.43. The molecule has 0 radical (unpaired) electrons. The lowest BCUT2D eigenvalue weighted by Crippen LogP contribution is -2.57. The van der Waals surface area contributed by atoms with Crippen molar-refractivity contribution in [3.8, 4) is 0 Å². The van der Waals surface area contributed by atoms with E-state index in [0.717, 1.165) is 0 Å². The molecular weight excluding hydrogens is 194 g/mol. The average molecular weight is 205 g/mol. The Morgan fingerprint density at radius 2 is 1.93 bits per heavy atom. The molecule has 8 nitrogen and oxygen atoms in total. The second-order valence-electron chi connectivity index (χ2n) is 2.92. The topological polar surface area (TPSA) is 139 Å². The molecular formula is C6H11N3O5. The average Bonchev–Trinajstić information content (AvgIpc) is 2.18. The Morgan fingerprint density at radius 3 is 2.43 bits per heavy atom. The van der Waals surface area contributed by atoms with Crippen molar-refractivity contribution in [3.05, 3.63) is 10.4 Å². The summed E-state index contributed by atoms with van der Waals surface area (Å²) in [5, 5.41) is 39.7. The van der Waals surface area contributed by atoms with Gasteiger partial charge in [0.15, 0.2) is 6.29 Å². The fourth-order valence-electron chi connectivity index (χ4n) is 1.27. The van der Waals surface area contributed by atoms with Gasteiger partial charge in [-0.1, -0.05) is 5.11 Å². The molecule has 0 aromatic rings. The van der Waals surface area contributed by atoms with Crippen LogP contribution in [0.3, 0.4) is 0 Å². The number of azide groups is 1. The van der Waals surface area contributed by atoms with Gasteiger partial charge in [0, 0.05) is 4.91 Å². The number of aliphatic hydroxyl groups is 4. The zero-order chi connectivity index (χ0) is 10.7. The third-order valence-electron chi connectivity index (χ3n) is 2.05. The summed E-state index contributed by atoms with van der Waals surface area (Å²) in [5.74, 6) is 0. The van der Waals surface area contributed by atoms with Crippen LogP contribution in [0.2, 0.25) is 0 Å². The van der Waals surface area contributed by atoms with Crippen LogP contribution in [0.4, 0.5) is 0 Å². The predicted molar refractivity (Wildman–Crippen MR) is 42.9 cm³/mol. The van der Waals surface area contributed by atoms with Gasteiger partial charge in [-0.15, -0.1) is 0 Å². The fourth-order valence-corrected chi connectivity index (χ4v) is 1.27. The summed E-state index contributed by atoms with van der Waals surface area (Å²) in [6.07, 6.45) is -5.45. The van der Waals surface area contributed by atoms with Crippen LogP contribution < -0.4 is 0 Å². The maximum absolute atomic E-state index is 9.37. The van der Waals surface area contributed by atoms with Crippen molar-refractivity contribution in [1.29, 1.82) is 0 Å². The monoisotopic (exact) mass is 205 g/mol. The smallest absolute Gasteiger partial charge is 0.166 e. The molecule has 0 aliphatic carbocycles. The Morgan fingerprint density at radius 1 is 1.29 bits per heavy atom. The van der Waals surface area contributed by atoms with E-state index in [1.165, 1.54) is 0 Å². The molecule has 1 heterocycles. The van der Waals surface area contributed by atoms with Crippen molar-refractivity contribution in [3.63, 3.8) is 0 Å². The number of ether oxygens (including phenoxy) is 1. The lowest BCUT2D eigenvalue weighted by atomic mass is 9.98. The van der Waals surface area contributed by atoms with Gasteiger partial charge >= 0.3 is 0 Å². The molecule has 80 valence electrons. The summed E-state index contributed by atoms with van der Waals surface area (Å²) in [5.41, 5.74) is 8.11. The van der Waals surface area contributed by atoms with Gasteiger partial charge in [-0.3, -0.25) is 0 Å². The van der Waals surface area contributed by atoms with Crippen LogP contribution in [-0.4, -0.2) is 57.7 Å². The Bertz CT molecular complexity index is 244. The zero-order valence-electron chi connectivity index (χ0n) is 7.13. The summed E-state index contributed by atoms with van der Waals surface area (Å²) in [6.45, 7) is -0.543. The lowest BCUT2D eigenvalue weighted by molar-refractivity contribution is -0.248. The Kier molecular flexibility index (Phi) is 3.64. The van der Waals surface area contributed by atoms with Crippen molar-refractivity contribution in [1.82, 2.24) is 0 Å². The molecule has 0 saturated carbocycles. The van der Waals surface area contributed by atoms with E-state index in [4.69, 9.17) is 15.4 Å². The molecule has 1 aliphatic rings. The van der Waals surface area contributed by atoms with Crippen molar-refractivity contribution in [2.24, 2.45) is 5.11 Å². The van der Waals surface area contributed by atoms with Gasteiger partial charge in [0.2, 0.25) is 0 Å². The number of nitrogens with zero attached hydrogens (tertiary/aromatic N) is 3. The summed E-state index contributed by atoms with van der Waals surface area (Å²) in [7, 11) is 0. The lowest BCUT2D eigenvalue weighted by Gasteiger charge is -2.37. The van der Waals surface area contributed by atoms with Crippen LogP contribution in [0, 0.1) is 0 Å². The first-order chi connectivity index (χ1) is 6.61. The molecule has 0 aromatic carbocycles. The minimum absolute atomic E-state index is 0.543. The van der Waals surface area contributed by atoms with E-state index in [2.05, 4.69) is 10.0 Å². The molecule has 0 aromatic heterocycles. The molecule has 1 saturated heterocycles. The van der Waals surface area contributed by atoms with Crippen LogP contribution in [0.15, 0.2) is 5.11 Å². The Balaban J connectivity index is 2.78. The summed E-state index contributed by atoms with van der Waals surface area (Å²) in [6, 6.07) is -1.27. The van der Waals surface area contributed by atoms with Gasteiger partial charge in [-0.2, -0.15) is 0 Å². The van der Waals surface area contributed by atoms with E-state index >= 15 is 0 Å². The minimum Gasteiger partial charge on any atom is -0.394 e. The number of hydrogen-bond donors (Lipinski definition) is 4. The number of hydrogen-bond acceptors (Lipinski definition) is 6.